The second-order valence-corrected chi connectivity index (χ2v) is 4.46. The van der Waals surface area contributed by atoms with E-state index in [2.05, 4.69) is 10.4 Å². The van der Waals surface area contributed by atoms with Crippen LogP contribution in [0.4, 0.5) is 0 Å². The van der Waals surface area contributed by atoms with Gasteiger partial charge in [0.15, 0.2) is 0 Å². The molecule has 1 fully saturated rings. The Morgan fingerprint density at radius 2 is 2.63 bits per heavy atom. The van der Waals surface area contributed by atoms with Crippen LogP contribution in [0.25, 0.3) is 6.08 Å². The highest BCUT2D eigenvalue weighted by Gasteiger charge is 2.17. The topological polar surface area (TPSA) is 79.9 Å². The molecule has 0 saturated carbocycles. The molecule has 6 nitrogen and oxygen atoms in total. The number of amides is 1. The van der Waals surface area contributed by atoms with Crippen molar-refractivity contribution in [3.05, 3.63) is 23.5 Å². The zero-order chi connectivity index (χ0) is 13.7. The lowest BCUT2D eigenvalue weighted by atomic mass is 10.2. The highest BCUT2D eigenvalue weighted by molar-refractivity contribution is 6.01. The molecule has 1 amide bonds. The number of hydrogen-bond donors (Lipinski definition) is 1. The molecule has 1 unspecified atom stereocenters. The first-order chi connectivity index (χ1) is 9.19. The number of aryl methyl sites for hydroxylation is 1. The summed E-state index contributed by atoms with van der Waals surface area (Å²) in [5, 5.41) is 15.7. The average molecular weight is 260 g/mol. The van der Waals surface area contributed by atoms with E-state index in [1.807, 2.05) is 6.07 Å². The van der Waals surface area contributed by atoms with Crippen LogP contribution in [-0.4, -0.2) is 34.9 Å². The third-order valence-corrected chi connectivity index (χ3v) is 2.92. The Hall–Kier alpha value is -2.13. The van der Waals surface area contributed by atoms with Crippen LogP contribution >= 0.6 is 0 Å². The van der Waals surface area contributed by atoms with Gasteiger partial charge in [-0.3, -0.25) is 9.48 Å². The van der Waals surface area contributed by atoms with E-state index < -0.39 is 0 Å². The van der Waals surface area contributed by atoms with E-state index in [1.54, 1.807) is 24.1 Å². The van der Waals surface area contributed by atoms with Crippen molar-refractivity contribution in [3.8, 4) is 6.07 Å². The molecule has 0 spiro atoms. The Bertz CT molecular complexity index is 521. The fraction of sp³-hybridized carbons (Fsp3) is 0.462. The van der Waals surface area contributed by atoms with Gasteiger partial charge in [-0.2, -0.15) is 10.4 Å². The molecule has 0 aliphatic carbocycles. The molecule has 1 atom stereocenters. The first-order valence-electron chi connectivity index (χ1n) is 6.19. The summed E-state index contributed by atoms with van der Waals surface area (Å²) in [5.74, 6) is -0.373. The van der Waals surface area contributed by atoms with E-state index in [0.717, 1.165) is 25.0 Å². The molecular formula is C13H16N4O2. The van der Waals surface area contributed by atoms with E-state index in [4.69, 9.17) is 10.00 Å². The normalized spacial score (nSPS) is 19.2. The van der Waals surface area contributed by atoms with Crippen molar-refractivity contribution in [2.24, 2.45) is 7.05 Å². The lowest BCUT2D eigenvalue weighted by Crippen LogP contribution is -2.32. The van der Waals surface area contributed by atoms with Crippen LogP contribution in [0.15, 0.2) is 18.0 Å². The summed E-state index contributed by atoms with van der Waals surface area (Å²) in [5.41, 5.74) is 0.803. The van der Waals surface area contributed by atoms with Crippen LogP contribution in [0, 0.1) is 11.3 Å². The Labute approximate surface area is 111 Å². The summed E-state index contributed by atoms with van der Waals surface area (Å²) in [6.07, 6.45) is 6.92. The second-order valence-electron chi connectivity index (χ2n) is 4.46. The molecule has 0 aromatic carbocycles. The molecule has 1 aromatic rings. The summed E-state index contributed by atoms with van der Waals surface area (Å²) >= 11 is 0. The monoisotopic (exact) mass is 260 g/mol. The van der Waals surface area contributed by atoms with Gasteiger partial charge in [-0.05, 0) is 18.9 Å². The van der Waals surface area contributed by atoms with Crippen molar-refractivity contribution >= 4 is 12.0 Å². The van der Waals surface area contributed by atoms with Crippen LogP contribution in [0.1, 0.15) is 18.4 Å². The van der Waals surface area contributed by atoms with Gasteiger partial charge in [0, 0.05) is 32.0 Å². The molecule has 19 heavy (non-hydrogen) atoms. The van der Waals surface area contributed by atoms with Gasteiger partial charge < -0.3 is 10.1 Å². The van der Waals surface area contributed by atoms with Gasteiger partial charge in [0.1, 0.15) is 11.6 Å². The lowest BCUT2D eigenvalue weighted by molar-refractivity contribution is -0.117. The summed E-state index contributed by atoms with van der Waals surface area (Å²) < 4.78 is 7.02. The molecule has 2 rings (SSSR count). The quantitative estimate of drug-likeness (QED) is 0.636. The van der Waals surface area contributed by atoms with E-state index in [-0.39, 0.29) is 17.6 Å². The molecular weight excluding hydrogens is 244 g/mol. The minimum absolute atomic E-state index is 0.0716. The largest absolute Gasteiger partial charge is 0.376 e. The number of nitrogens with zero attached hydrogens (tertiary/aromatic N) is 3. The first kappa shape index (κ1) is 13.3. The van der Waals surface area contributed by atoms with Gasteiger partial charge in [0.25, 0.3) is 5.91 Å². The lowest BCUT2D eigenvalue weighted by Gasteiger charge is -2.09. The van der Waals surface area contributed by atoms with Crippen molar-refractivity contribution in [3.63, 3.8) is 0 Å². The average Bonchev–Trinajstić information content (AvgIpc) is 3.04. The number of ether oxygens (including phenoxy) is 1. The Morgan fingerprint density at radius 1 is 1.79 bits per heavy atom. The number of hydrogen-bond acceptors (Lipinski definition) is 4. The summed E-state index contributed by atoms with van der Waals surface area (Å²) in [7, 11) is 1.78. The predicted octanol–water partition coefficient (Wildman–Crippen LogP) is 0.622. The predicted molar refractivity (Wildman–Crippen MR) is 68.8 cm³/mol. The second kappa shape index (κ2) is 6.16. The number of nitrogens with one attached hydrogen (secondary N) is 1. The summed E-state index contributed by atoms with van der Waals surface area (Å²) in [4.78, 5) is 11.9. The number of rotatable bonds is 4. The van der Waals surface area contributed by atoms with Crippen molar-refractivity contribution in [2.45, 2.75) is 18.9 Å². The zero-order valence-electron chi connectivity index (χ0n) is 10.8. The molecule has 1 aromatic heterocycles. The number of carbonyl (C=O) groups is 1. The third kappa shape index (κ3) is 3.66. The Kier molecular flexibility index (Phi) is 4.31. The van der Waals surface area contributed by atoms with E-state index >= 15 is 0 Å². The summed E-state index contributed by atoms with van der Waals surface area (Å²) in [6.45, 7) is 1.20. The SMILES string of the molecule is Cn1cc(/C=C(\C#N)C(=O)NCC2CCCO2)cn1. The van der Waals surface area contributed by atoms with Crippen molar-refractivity contribution in [1.82, 2.24) is 15.1 Å². The minimum atomic E-state index is -0.373. The van der Waals surface area contributed by atoms with Gasteiger partial charge >= 0.3 is 0 Å². The number of aromatic nitrogens is 2. The maximum Gasteiger partial charge on any atom is 0.262 e. The minimum Gasteiger partial charge on any atom is -0.376 e. The van der Waals surface area contributed by atoms with Crippen LogP contribution < -0.4 is 5.32 Å². The Morgan fingerprint density at radius 3 is 3.21 bits per heavy atom. The molecule has 0 bridgehead atoms. The van der Waals surface area contributed by atoms with Crippen molar-refractivity contribution in [1.29, 1.82) is 5.26 Å². The molecule has 2 heterocycles. The van der Waals surface area contributed by atoms with E-state index in [9.17, 15) is 4.79 Å². The van der Waals surface area contributed by atoms with Gasteiger partial charge in [-0.1, -0.05) is 0 Å². The molecule has 6 heteroatoms. The maximum absolute atomic E-state index is 11.9. The van der Waals surface area contributed by atoms with Crippen molar-refractivity contribution < 1.29 is 9.53 Å². The molecule has 100 valence electrons. The molecule has 1 N–H and O–H groups in total. The molecule has 1 aliphatic rings. The zero-order valence-corrected chi connectivity index (χ0v) is 10.8. The van der Waals surface area contributed by atoms with Crippen LogP contribution in [0.3, 0.4) is 0 Å². The van der Waals surface area contributed by atoms with Crippen molar-refractivity contribution in [2.75, 3.05) is 13.2 Å². The third-order valence-electron chi connectivity index (χ3n) is 2.92. The van der Waals surface area contributed by atoms with E-state index in [0.29, 0.717) is 6.54 Å². The highest BCUT2D eigenvalue weighted by atomic mass is 16.5. The highest BCUT2D eigenvalue weighted by Crippen LogP contribution is 2.11. The molecule has 1 aliphatic heterocycles. The maximum atomic E-state index is 11.9. The van der Waals surface area contributed by atoms with Crippen LogP contribution in [-0.2, 0) is 16.6 Å². The molecule has 1 saturated heterocycles. The summed E-state index contributed by atoms with van der Waals surface area (Å²) in [6, 6.07) is 1.91. The van der Waals surface area contributed by atoms with Gasteiger partial charge in [-0.15, -0.1) is 0 Å². The standard InChI is InChI=1S/C13H16N4O2/c1-17-9-10(7-16-17)5-11(6-14)13(18)15-8-12-3-2-4-19-12/h5,7,9,12H,2-4,8H2,1H3,(H,15,18)/b11-5+. The van der Waals surface area contributed by atoms with E-state index in [1.165, 1.54) is 6.08 Å². The van der Waals surface area contributed by atoms with Gasteiger partial charge in [0.05, 0.1) is 12.3 Å². The first-order valence-corrected chi connectivity index (χ1v) is 6.19. The van der Waals surface area contributed by atoms with Crippen LogP contribution in [0.5, 0.6) is 0 Å². The fourth-order valence-corrected chi connectivity index (χ4v) is 1.94. The van der Waals surface area contributed by atoms with Crippen LogP contribution in [0.2, 0.25) is 0 Å². The fourth-order valence-electron chi connectivity index (χ4n) is 1.94. The van der Waals surface area contributed by atoms with Gasteiger partial charge in [0.2, 0.25) is 0 Å². The van der Waals surface area contributed by atoms with Gasteiger partial charge in [-0.25, -0.2) is 0 Å². The number of carbonyl (C=O) groups excluding carboxylic acids is 1. The Balaban J connectivity index is 1.95. The smallest absolute Gasteiger partial charge is 0.262 e. The number of nitriles is 1. The molecule has 0 radical (unpaired) electrons.